The third-order valence-corrected chi connectivity index (χ3v) is 2.82. The minimum absolute atomic E-state index is 0.0607. The molecule has 1 amide bonds. The van der Waals surface area contributed by atoms with Crippen LogP contribution in [-0.4, -0.2) is 25.5 Å². The first-order valence-electron chi connectivity index (χ1n) is 6.19. The van der Waals surface area contributed by atoms with Gasteiger partial charge in [-0.3, -0.25) is 9.59 Å². The Kier molecular flexibility index (Phi) is 4.63. The number of rotatable bonds is 5. The van der Waals surface area contributed by atoms with Crippen molar-refractivity contribution in [2.45, 2.75) is 0 Å². The second-order valence-electron chi connectivity index (χ2n) is 4.21. The standard InChI is InChI=1S/C16H15NO3/c1-20-11-17-16(19)14-9-7-13(8-10-14)15(18)12-5-3-2-4-6-12/h2-10H,11H2,1H3,(H,17,19). The van der Waals surface area contributed by atoms with Crippen LogP contribution < -0.4 is 5.32 Å². The molecule has 1 N–H and O–H groups in total. The van der Waals surface area contributed by atoms with E-state index in [1.165, 1.54) is 7.11 Å². The number of benzene rings is 2. The molecule has 4 nitrogen and oxygen atoms in total. The molecule has 0 spiro atoms. The van der Waals surface area contributed by atoms with Crippen molar-refractivity contribution in [1.82, 2.24) is 5.32 Å². The fraction of sp³-hybridized carbons (Fsp3) is 0.125. The van der Waals surface area contributed by atoms with Gasteiger partial charge in [-0.25, -0.2) is 0 Å². The van der Waals surface area contributed by atoms with Gasteiger partial charge in [-0.15, -0.1) is 0 Å². The van der Waals surface area contributed by atoms with Crippen LogP contribution in [0, 0.1) is 0 Å². The van der Waals surface area contributed by atoms with Gasteiger partial charge in [0.1, 0.15) is 6.73 Å². The molecule has 2 rings (SSSR count). The first-order valence-corrected chi connectivity index (χ1v) is 6.19. The van der Waals surface area contributed by atoms with E-state index in [0.29, 0.717) is 16.7 Å². The summed E-state index contributed by atoms with van der Waals surface area (Å²) < 4.78 is 4.77. The van der Waals surface area contributed by atoms with Crippen molar-refractivity contribution in [2.24, 2.45) is 0 Å². The second kappa shape index (κ2) is 6.63. The van der Waals surface area contributed by atoms with Crippen molar-refractivity contribution in [1.29, 1.82) is 0 Å². The largest absolute Gasteiger partial charge is 0.364 e. The monoisotopic (exact) mass is 269 g/mol. The SMILES string of the molecule is COCNC(=O)c1ccc(C(=O)c2ccccc2)cc1. The third kappa shape index (κ3) is 3.30. The minimum Gasteiger partial charge on any atom is -0.364 e. The highest BCUT2D eigenvalue weighted by atomic mass is 16.5. The lowest BCUT2D eigenvalue weighted by Gasteiger charge is -2.05. The van der Waals surface area contributed by atoms with Crippen LogP contribution in [0.3, 0.4) is 0 Å². The maximum Gasteiger partial charge on any atom is 0.253 e. The molecule has 20 heavy (non-hydrogen) atoms. The molecule has 0 radical (unpaired) electrons. The van der Waals surface area contributed by atoms with Gasteiger partial charge in [0.2, 0.25) is 0 Å². The normalized spacial score (nSPS) is 10.1. The van der Waals surface area contributed by atoms with Crippen molar-refractivity contribution in [3.63, 3.8) is 0 Å². The number of methoxy groups -OCH3 is 1. The molecule has 2 aromatic carbocycles. The Hall–Kier alpha value is -2.46. The predicted octanol–water partition coefficient (Wildman–Crippen LogP) is 2.25. The van der Waals surface area contributed by atoms with Crippen LogP contribution >= 0.6 is 0 Å². The van der Waals surface area contributed by atoms with Crippen LogP contribution in [0.4, 0.5) is 0 Å². The van der Waals surface area contributed by atoms with Crippen molar-refractivity contribution in [2.75, 3.05) is 13.8 Å². The summed E-state index contributed by atoms with van der Waals surface area (Å²) >= 11 is 0. The lowest BCUT2D eigenvalue weighted by atomic mass is 10.0. The van der Waals surface area contributed by atoms with E-state index in [1.54, 1.807) is 36.4 Å². The molecule has 0 aliphatic rings. The third-order valence-electron chi connectivity index (χ3n) is 2.82. The Morgan fingerprint density at radius 3 is 2.05 bits per heavy atom. The molecular weight excluding hydrogens is 254 g/mol. The van der Waals surface area contributed by atoms with E-state index in [0.717, 1.165) is 0 Å². The van der Waals surface area contributed by atoms with Crippen LogP contribution in [0.1, 0.15) is 26.3 Å². The molecule has 0 atom stereocenters. The second-order valence-corrected chi connectivity index (χ2v) is 4.21. The summed E-state index contributed by atoms with van der Waals surface area (Å²) in [6.45, 7) is 0.156. The van der Waals surface area contributed by atoms with E-state index in [4.69, 9.17) is 4.74 Å². The first kappa shape index (κ1) is 14.0. The number of hydrogen-bond donors (Lipinski definition) is 1. The average molecular weight is 269 g/mol. The van der Waals surface area contributed by atoms with Crippen molar-refractivity contribution in [3.8, 4) is 0 Å². The number of ether oxygens (including phenoxy) is 1. The summed E-state index contributed by atoms with van der Waals surface area (Å²) in [5, 5.41) is 2.58. The molecule has 102 valence electrons. The quantitative estimate of drug-likeness (QED) is 0.669. The molecule has 0 bridgehead atoms. The van der Waals surface area contributed by atoms with E-state index >= 15 is 0 Å². The van der Waals surface area contributed by atoms with Gasteiger partial charge in [0.05, 0.1) is 0 Å². The molecule has 0 fully saturated rings. The molecule has 0 heterocycles. The van der Waals surface area contributed by atoms with E-state index in [-0.39, 0.29) is 18.4 Å². The van der Waals surface area contributed by atoms with Crippen LogP contribution in [0.25, 0.3) is 0 Å². The van der Waals surface area contributed by atoms with E-state index in [9.17, 15) is 9.59 Å². The Labute approximate surface area is 117 Å². The van der Waals surface area contributed by atoms with Gasteiger partial charge in [-0.2, -0.15) is 0 Å². The summed E-state index contributed by atoms with van der Waals surface area (Å²) in [4.78, 5) is 23.9. The summed E-state index contributed by atoms with van der Waals surface area (Å²) in [7, 11) is 1.50. The molecule has 0 aromatic heterocycles. The zero-order valence-electron chi connectivity index (χ0n) is 11.1. The maximum atomic E-state index is 12.2. The number of hydrogen-bond acceptors (Lipinski definition) is 3. The van der Waals surface area contributed by atoms with Crippen LogP contribution in [0.5, 0.6) is 0 Å². The smallest absolute Gasteiger partial charge is 0.253 e. The number of amides is 1. The molecule has 0 unspecified atom stereocenters. The highest BCUT2D eigenvalue weighted by Crippen LogP contribution is 2.11. The molecule has 0 aliphatic heterocycles. The fourth-order valence-corrected chi connectivity index (χ4v) is 1.77. The Morgan fingerprint density at radius 1 is 0.900 bits per heavy atom. The number of carbonyl (C=O) groups excluding carboxylic acids is 2. The average Bonchev–Trinajstić information content (AvgIpc) is 2.53. The van der Waals surface area contributed by atoms with Gasteiger partial charge in [0, 0.05) is 23.8 Å². The molecule has 4 heteroatoms. The predicted molar refractivity (Wildman–Crippen MR) is 75.7 cm³/mol. The van der Waals surface area contributed by atoms with Crippen molar-refractivity contribution >= 4 is 11.7 Å². The van der Waals surface area contributed by atoms with Gasteiger partial charge in [0.15, 0.2) is 5.78 Å². The summed E-state index contributed by atoms with van der Waals surface area (Å²) in [6.07, 6.45) is 0. The van der Waals surface area contributed by atoms with Gasteiger partial charge in [-0.1, -0.05) is 42.5 Å². The topological polar surface area (TPSA) is 55.4 Å². The molecule has 0 saturated carbocycles. The lowest BCUT2D eigenvalue weighted by molar-refractivity contribution is 0.0871. The molecule has 0 aliphatic carbocycles. The van der Waals surface area contributed by atoms with E-state index < -0.39 is 0 Å². The fourth-order valence-electron chi connectivity index (χ4n) is 1.77. The van der Waals surface area contributed by atoms with Crippen molar-refractivity contribution in [3.05, 3.63) is 71.3 Å². The number of nitrogens with one attached hydrogen (secondary N) is 1. The van der Waals surface area contributed by atoms with Gasteiger partial charge < -0.3 is 10.1 Å². The lowest BCUT2D eigenvalue weighted by Crippen LogP contribution is -2.25. The van der Waals surface area contributed by atoms with Crippen molar-refractivity contribution < 1.29 is 14.3 Å². The molecule has 2 aromatic rings. The highest BCUT2D eigenvalue weighted by Gasteiger charge is 2.10. The Bertz CT molecular complexity index is 591. The van der Waals surface area contributed by atoms with Crippen LogP contribution in [0.15, 0.2) is 54.6 Å². The molecule has 0 saturated heterocycles. The van der Waals surface area contributed by atoms with E-state index in [1.807, 2.05) is 18.2 Å². The minimum atomic E-state index is -0.231. The summed E-state index contributed by atoms with van der Waals surface area (Å²) in [5.41, 5.74) is 1.68. The number of carbonyl (C=O) groups is 2. The highest BCUT2D eigenvalue weighted by molar-refractivity contribution is 6.09. The van der Waals surface area contributed by atoms with Gasteiger partial charge >= 0.3 is 0 Å². The summed E-state index contributed by atoms with van der Waals surface area (Å²) in [5.74, 6) is -0.292. The maximum absolute atomic E-state index is 12.2. The van der Waals surface area contributed by atoms with E-state index in [2.05, 4.69) is 5.32 Å². The van der Waals surface area contributed by atoms with Gasteiger partial charge in [0.25, 0.3) is 5.91 Å². The zero-order valence-corrected chi connectivity index (χ0v) is 11.1. The zero-order chi connectivity index (χ0) is 14.4. The van der Waals surface area contributed by atoms with Gasteiger partial charge in [-0.05, 0) is 12.1 Å². The molecular formula is C16H15NO3. The number of ketones is 1. The summed E-state index contributed by atoms with van der Waals surface area (Å²) in [6, 6.07) is 15.6. The van der Waals surface area contributed by atoms with Crippen LogP contribution in [-0.2, 0) is 4.74 Å². The Balaban J connectivity index is 2.12. The Morgan fingerprint density at radius 2 is 1.45 bits per heavy atom. The first-order chi connectivity index (χ1) is 9.72. The van der Waals surface area contributed by atoms with Crippen LogP contribution in [0.2, 0.25) is 0 Å².